The molecule has 3 heteroatoms. The molecule has 0 unspecified atom stereocenters. The number of isothiocyanates is 1. The number of unbranched alkanes of at least 4 members (excludes halogenated alkanes) is 1. The van der Waals surface area contributed by atoms with E-state index in [-0.39, 0.29) is 5.69 Å². The normalized spacial score (nSPS) is 17.7. The average molecular weight is 416 g/mol. The van der Waals surface area contributed by atoms with E-state index in [0.717, 1.165) is 17.0 Å². The van der Waals surface area contributed by atoms with Gasteiger partial charge in [-0.1, -0.05) is 49.9 Å². The van der Waals surface area contributed by atoms with E-state index in [1.165, 1.54) is 51.0 Å². The summed E-state index contributed by atoms with van der Waals surface area (Å²) in [5.74, 6) is 13.8. The Bertz CT molecular complexity index is 1020. The van der Waals surface area contributed by atoms with E-state index in [9.17, 15) is 4.39 Å². The third-order valence-corrected chi connectivity index (χ3v) is 5.67. The lowest BCUT2D eigenvalue weighted by Crippen LogP contribution is -2.13. The average Bonchev–Trinajstić information content (AvgIpc) is 2.78. The molecule has 30 heavy (non-hydrogen) atoms. The maximum absolute atomic E-state index is 13.9. The Kier molecular flexibility index (Phi) is 8.41. The first-order valence-corrected chi connectivity index (χ1v) is 11.1. The van der Waals surface area contributed by atoms with Gasteiger partial charge >= 0.3 is 0 Å². The number of nitrogens with zero attached hydrogens (tertiary/aromatic N) is 1. The van der Waals surface area contributed by atoms with Crippen molar-refractivity contribution in [3.8, 4) is 23.7 Å². The first kappa shape index (κ1) is 22.0. The van der Waals surface area contributed by atoms with Crippen molar-refractivity contribution in [2.45, 2.75) is 51.9 Å². The van der Waals surface area contributed by atoms with Crippen LogP contribution in [0.15, 0.2) is 47.5 Å². The van der Waals surface area contributed by atoms with E-state index in [0.29, 0.717) is 11.5 Å². The Morgan fingerprint density at radius 2 is 1.57 bits per heavy atom. The molecular weight excluding hydrogens is 389 g/mol. The summed E-state index contributed by atoms with van der Waals surface area (Å²) in [7, 11) is 0. The van der Waals surface area contributed by atoms with Gasteiger partial charge in [-0.15, -0.1) is 0 Å². The molecule has 0 saturated heterocycles. The van der Waals surface area contributed by atoms with Crippen LogP contribution in [0.3, 0.4) is 0 Å². The monoisotopic (exact) mass is 415 g/mol. The lowest BCUT2D eigenvalue weighted by molar-refractivity contribution is 0.296. The van der Waals surface area contributed by atoms with Gasteiger partial charge in [0.05, 0.1) is 5.16 Å². The van der Waals surface area contributed by atoms with Gasteiger partial charge in [0.2, 0.25) is 0 Å². The van der Waals surface area contributed by atoms with Gasteiger partial charge in [0.15, 0.2) is 5.82 Å². The van der Waals surface area contributed by atoms with Crippen LogP contribution in [0.25, 0.3) is 0 Å². The third-order valence-electron chi connectivity index (χ3n) is 5.58. The second-order valence-corrected chi connectivity index (χ2v) is 8.01. The number of aliphatic imine (C=N–C) groups is 1. The van der Waals surface area contributed by atoms with Crippen LogP contribution in [0.1, 0.15) is 68.6 Å². The summed E-state index contributed by atoms with van der Waals surface area (Å²) in [6.07, 6.45) is 9.16. The molecule has 0 bridgehead atoms. The zero-order valence-corrected chi connectivity index (χ0v) is 18.2. The molecule has 1 nitrogen and oxygen atoms in total. The Labute approximate surface area is 184 Å². The van der Waals surface area contributed by atoms with Crippen LogP contribution in [0, 0.1) is 41.3 Å². The molecule has 1 aliphatic carbocycles. The molecule has 3 rings (SSSR count). The lowest BCUT2D eigenvalue weighted by atomic mass is 9.80. The van der Waals surface area contributed by atoms with E-state index >= 15 is 0 Å². The largest absolute Gasteiger partial charge is 0.205 e. The van der Waals surface area contributed by atoms with Crippen molar-refractivity contribution in [3.63, 3.8) is 0 Å². The number of hydrogen-bond acceptors (Lipinski definition) is 2. The van der Waals surface area contributed by atoms with Gasteiger partial charge in [0.25, 0.3) is 0 Å². The highest BCUT2D eigenvalue weighted by Crippen LogP contribution is 2.31. The van der Waals surface area contributed by atoms with Crippen LogP contribution in [0.2, 0.25) is 0 Å². The van der Waals surface area contributed by atoms with Crippen LogP contribution in [0.4, 0.5) is 10.1 Å². The minimum Gasteiger partial charge on any atom is -0.205 e. The molecule has 1 fully saturated rings. The zero-order chi connectivity index (χ0) is 21.2. The van der Waals surface area contributed by atoms with Crippen LogP contribution in [-0.4, -0.2) is 5.16 Å². The Hall–Kier alpha value is -2.71. The van der Waals surface area contributed by atoms with Crippen LogP contribution in [0.5, 0.6) is 0 Å². The van der Waals surface area contributed by atoms with Gasteiger partial charge in [0, 0.05) is 22.6 Å². The molecule has 0 aliphatic heterocycles. The summed E-state index contributed by atoms with van der Waals surface area (Å²) < 4.78 is 13.9. The molecule has 0 heterocycles. The van der Waals surface area contributed by atoms with Gasteiger partial charge in [-0.25, -0.2) is 4.39 Å². The van der Waals surface area contributed by atoms with Crippen molar-refractivity contribution in [1.82, 2.24) is 0 Å². The van der Waals surface area contributed by atoms with Crippen molar-refractivity contribution >= 4 is 23.1 Å². The number of thiocarbonyl (C=S) groups is 1. The number of halogens is 1. The predicted octanol–water partition coefficient (Wildman–Crippen LogP) is 7.31. The SMILES string of the molecule is CCCCC1CCC(C#Cc2ccc(C#Cc3ccc(N=C=S)c(F)c3)cc2)CC1. The van der Waals surface area contributed by atoms with Crippen molar-refractivity contribution in [2.75, 3.05) is 0 Å². The molecule has 2 aromatic carbocycles. The molecule has 0 amide bonds. The summed E-state index contributed by atoms with van der Waals surface area (Å²) in [4.78, 5) is 3.67. The Morgan fingerprint density at radius 3 is 2.20 bits per heavy atom. The van der Waals surface area contributed by atoms with Crippen molar-refractivity contribution in [2.24, 2.45) is 16.8 Å². The molecule has 0 radical (unpaired) electrons. The smallest absolute Gasteiger partial charge is 0.150 e. The fourth-order valence-corrected chi connectivity index (χ4v) is 3.88. The minimum absolute atomic E-state index is 0.174. The molecule has 152 valence electrons. The summed E-state index contributed by atoms with van der Waals surface area (Å²) in [6, 6.07) is 12.5. The van der Waals surface area contributed by atoms with Gasteiger partial charge in [-0.05, 0) is 86.3 Å². The summed E-state index contributed by atoms with van der Waals surface area (Å²) >= 11 is 4.51. The van der Waals surface area contributed by atoms with E-state index < -0.39 is 5.82 Å². The second kappa shape index (κ2) is 11.5. The molecule has 2 aromatic rings. The zero-order valence-electron chi connectivity index (χ0n) is 17.4. The van der Waals surface area contributed by atoms with E-state index in [1.54, 1.807) is 12.1 Å². The fourth-order valence-electron chi connectivity index (χ4n) is 3.78. The summed E-state index contributed by atoms with van der Waals surface area (Å²) in [6.45, 7) is 2.27. The van der Waals surface area contributed by atoms with Crippen LogP contribution >= 0.6 is 12.2 Å². The van der Waals surface area contributed by atoms with Crippen molar-refractivity contribution in [3.05, 3.63) is 65.0 Å². The molecule has 0 aromatic heterocycles. The minimum atomic E-state index is -0.454. The van der Waals surface area contributed by atoms with Gasteiger partial charge in [-0.2, -0.15) is 4.99 Å². The molecule has 0 N–H and O–H groups in total. The molecule has 1 saturated carbocycles. The number of rotatable bonds is 4. The molecular formula is C27H26FNS. The topological polar surface area (TPSA) is 12.4 Å². The Morgan fingerprint density at radius 1 is 0.933 bits per heavy atom. The third kappa shape index (κ3) is 6.67. The van der Waals surface area contributed by atoms with Crippen molar-refractivity contribution < 1.29 is 4.39 Å². The van der Waals surface area contributed by atoms with Crippen LogP contribution in [-0.2, 0) is 0 Å². The first-order chi connectivity index (χ1) is 14.7. The highest BCUT2D eigenvalue weighted by Gasteiger charge is 2.19. The standard InChI is InChI=1S/C27H26FNS/c1-2-3-4-21-5-7-22(8-6-21)9-10-23-11-13-24(14-12-23)15-16-25-17-18-27(29-20-30)26(28)19-25/h11-14,17-19,21-22H,2-8H2,1H3. The second-order valence-electron chi connectivity index (χ2n) is 7.83. The van der Waals surface area contributed by atoms with Gasteiger partial charge in [-0.3, -0.25) is 0 Å². The highest BCUT2D eigenvalue weighted by atomic mass is 32.1. The summed E-state index contributed by atoms with van der Waals surface area (Å²) in [5, 5.41) is 2.17. The van der Waals surface area contributed by atoms with E-state index in [1.807, 2.05) is 24.3 Å². The highest BCUT2D eigenvalue weighted by molar-refractivity contribution is 7.78. The van der Waals surface area contributed by atoms with E-state index in [2.05, 4.69) is 53.0 Å². The summed E-state index contributed by atoms with van der Waals surface area (Å²) in [5.41, 5.74) is 2.66. The maximum atomic E-state index is 13.9. The molecule has 0 atom stereocenters. The first-order valence-electron chi connectivity index (χ1n) is 10.7. The number of benzene rings is 2. The maximum Gasteiger partial charge on any atom is 0.150 e. The van der Waals surface area contributed by atoms with Gasteiger partial charge in [0.1, 0.15) is 5.69 Å². The fraction of sp³-hybridized carbons (Fsp3) is 0.370. The van der Waals surface area contributed by atoms with Crippen LogP contribution < -0.4 is 0 Å². The van der Waals surface area contributed by atoms with Crippen molar-refractivity contribution in [1.29, 1.82) is 0 Å². The van der Waals surface area contributed by atoms with E-state index in [4.69, 9.17) is 0 Å². The Balaban J connectivity index is 1.57. The van der Waals surface area contributed by atoms with Gasteiger partial charge < -0.3 is 0 Å². The molecule has 1 aliphatic rings. The molecule has 0 spiro atoms. The number of hydrogen-bond donors (Lipinski definition) is 0. The quantitative estimate of drug-likeness (QED) is 0.290. The predicted molar refractivity (Wildman–Crippen MR) is 125 cm³/mol. The lowest BCUT2D eigenvalue weighted by Gasteiger charge is -2.25.